The number of rotatable bonds is 3. The van der Waals surface area contributed by atoms with E-state index in [0.29, 0.717) is 18.8 Å². The maximum absolute atomic E-state index is 11.8. The number of carbonyl (C=O) groups is 1. The van der Waals surface area contributed by atoms with Crippen molar-refractivity contribution in [1.82, 2.24) is 4.98 Å². The molecule has 19 heavy (non-hydrogen) atoms. The lowest BCUT2D eigenvalue weighted by atomic mass is 10.2. The Kier molecular flexibility index (Phi) is 4.67. The normalized spacial score (nSPS) is 9.53. The molecule has 2 rings (SSSR count). The second-order valence-electron chi connectivity index (χ2n) is 3.79. The lowest BCUT2D eigenvalue weighted by molar-refractivity contribution is -0.115. The van der Waals surface area contributed by atoms with Crippen molar-refractivity contribution in [2.75, 3.05) is 11.9 Å². The first-order chi connectivity index (χ1) is 9.28. The van der Waals surface area contributed by atoms with Crippen LogP contribution in [-0.4, -0.2) is 17.4 Å². The fourth-order valence-electron chi connectivity index (χ4n) is 1.50. The van der Waals surface area contributed by atoms with Crippen molar-refractivity contribution < 1.29 is 4.79 Å². The van der Waals surface area contributed by atoms with E-state index in [1.54, 1.807) is 29.7 Å². The summed E-state index contributed by atoms with van der Waals surface area (Å²) in [6.07, 6.45) is 1.96. The summed E-state index contributed by atoms with van der Waals surface area (Å²) in [5.74, 6) is 6.07. The summed E-state index contributed by atoms with van der Waals surface area (Å²) in [5, 5.41) is 6.66. The largest absolute Gasteiger partial charge is 0.320 e. The molecule has 0 saturated carbocycles. The lowest BCUT2D eigenvalue weighted by Gasteiger charge is -2.03. The molecule has 0 aliphatic rings. The van der Waals surface area contributed by atoms with E-state index in [4.69, 9.17) is 5.73 Å². The van der Waals surface area contributed by atoms with Gasteiger partial charge >= 0.3 is 0 Å². The number of thiophene rings is 1. The minimum Gasteiger partial charge on any atom is -0.320 e. The molecule has 0 radical (unpaired) electrons. The molecule has 2 heterocycles. The van der Waals surface area contributed by atoms with Gasteiger partial charge in [-0.05, 0) is 34.5 Å². The topological polar surface area (TPSA) is 68.0 Å². The van der Waals surface area contributed by atoms with Gasteiger partial charge in [-0.3, -0.25) is 4.79 Å². The van der Waals surface area contributed by atoms with Crippen molar-refractivity contribution in [2.24, 2.45) is 5.73 Å². The number of nitrogens with one attached hydrogen (secondary N) is 1. The molecule has 0 aromatic carbocycles. The number of hydrogen-bond acceptors (Lipinski definition) is 4. The average Bonchev–Trinajstić information content (AvgIpc) is 2.89. The van der Waals surface area contributed by atoms with Gasteiger partial charge in [0, 0.05) is 11.8 Å². The van der Waals surface area contributed by atoms with Crippen molar-refractivity contribution in [3.05, 3.63) is 46.3 Å². The Balaban J connectivity index is 2.00. The Hall–Kier alpha value is -2.16. The maximum Gasteiger partial charge on any atom is 0.229 e. The van der Waals surface area contributed by atoms with Crippen LogP contribution in [0.15, 0.2) is 35.2 Å². The molecule has 2 aromatic rings. The van der Waals surface area contributed by atoms with E-state index in [1.807, 2.05) is 16.8 Å². The van der Waals surface area contributed by atoms with Crippen LogP contribution in [0.25, 0.3) is 0 Å². The average molecular weight is 271 g/mol. The van der Waals surface area contributed by atoms with Crippen LogP contribution < -0.4 is 11.1 Å². The van der Waals surface area contributed by atoms with Gasteiger partial charge in [0.2, 0.25) is 5.91 Å². The number of aromatic nitrogens is 1. The van der Waals surface area contributed by atoms with Crippen LogP contribution in [0.1, 0.15) is 11.1 Å². The van der Waals surface area contributed by atoms with Crippen LogP contribution in [0.5, 0.6) is 0 Å². The van der Waals surface area contributed by atoms with Gasteiger partial charge in [-0.25, -0.2) is 4.98 Å². The molecule has 4 nitrogen and oxygen atoms in total. The standard InChI is InChI=1S/C14H13N3OS/c15-5-1-2-11-3-6-16-13(8-11)17-14(18)9-12-4-7-19-10-12/h3-4,6-8,10H,5,9,15H2,(H,16,17,18). The van der Waals surface area contributed by atoms with E-state index in [1.165, 1.54) is 0 Å². The highest BCUT2D eigenvalue weighted by atomic mass is 32.1. The van der Waals surface area contributed by atoms with E-state index >= 15 is 0 Å². The van der Waals surface area contributed by atoms with Crippen LogP contribution in [-0.2, 0) is 11.2 Å². The van der Waals surface area contributed by atoms with Gasteiger partial charge in [0.1, 0.15) is 5.82 Å². The fourth-order valence-corrected chi connectivity index (χ4v) is 2.16. The van der Waals surface area contributed by atoms with Crippen LogP contribution in [0.3, 0.4) is 0 Å². The second-order valence-corrected chi connectivity index (χ2v) is 4.57. The van der Waals surface area contributed by atoms with Gasteiger partial charge in [-0.1, -0.05) is 11.8 Å². The number of amides is 1. The first-order valence-corrected chi connectivity index (χ1v) is 6.68. The molecule has 96 valence electrons. The Bertz CT molecular complexity index is 611. The molecular formula is C14H13N3OS. The van der Waals surface area contributed by atoms with Crippen molar-refractivity contribution in [1.29, 1.82) is 0 Å². The van der Waals surface area contributed by atoms with E-state index in [9.17, 15) is 4.79 Å². The summed E-state index contributed by atoms with van der Waals surface area (Å²) < 4.78 is 0. The molecule has 0 aliphatic heterocycles. The molecule has 1 amide bonds. The third kappa shape index (κ3) is 4.21. The van der Waals surface area contributed by atoms with Gasteiger partial charge in [-0.15, -0.1) is 0 Å². The predicted molar refractivity (Wildman–Crippen MR) is 76.8 cm³/mol. The van der Waals surface area contributed by atoms with Crippen LogP contribution >= 0.6 is 11.3 Å². The monoisotopic (exact) mass is 271 g/mol. The summed E-state index contributed by atoms with van der Waals surface area (Å²) in [5.41, 5.74) is 7.10. The molecule has 0 atom stereocenters. The zero-order chi connectivity index (χ0) is 13.5. The molecule has 0 unspecified atom stereocenters. The number of pyridine rings is 1. The highest BCUT2D eigenvalue weighted by Gasteiger charge is 2.05. The summed E-state index contributed by atoms with van der Waals surface area (Å²) in [6.45, 7) is 0.308. The van der Waals surface area contributed by atoms with E-state index in [2.05, 4.69) is 22.1 Å². The van der Waals surface area contributed by atoms with Crippen molar-refractivity contribution in [2.45, 2.75) is 6.42 Å². The maximum atomic E-state index is 11.8. The highest BCUT2D eigenvalue weighted by molar-refractivity contribution is 7.08. The smallest absolute Gasteiger partial charge is 0.229 e. The Morgan fingerprint density at radius 1 is 1.47 bits per heavy atom. The lowest BCUT2D eigenvalue weighted by Crippen LogP contribution is -2.14. The number of nitrogens with zero attached hydrogens (tertiary/aromatic N) is 1. The summed E-state index contributed by atoms with van der Waals surface area (Å²) in [4.78, 5) is 15.9. The van der Waals surface area contributed by atoms with Crippen LogP contribution in [0.4, 0.5) is 5.82 Å². The molecule has 3 N–H and O–H groups in total. The first kappa shape index (κ1) is 13.3. The zero-order valence-corrected chi connectivity index (χ0v) is 11.0. The molecule has 5 heteroatoms. The van der Waals surface area contributed by atoms with Gasteiger partial charge < -0.3 is 11.1 Å². The number of carbonyl (C=O) groups excluding carboxylic acids is 1. The zero-order valence-electron chi connectivity index (χ0n) is 10.2. The quantitative estimate of drug-likeness (QED) is 0.834. The Labute approximate surface area is 115 Å². The molecule has 0 bridgehead atoms. The summed E-state index contributed by atoms with van der Waals surface area (Å²) >= 11 is 1.57. The molecule has 0 saturated heterocycles. The predicted octanol–water partition coefficient (Wildman–Crippen LogP) is 1.63. The van der Waals surface area contributed by atoms with Gasteiger partial charge in [0.05, 0.1) is 13.0 Å². The van der Waals surface area contributed by atoms with E-state index in [-0.39, 0.29) is 5.91 Å². The summed E-state index contributed by atoms with van der Waals surface area (Å²) in [7, 11) is 0. The fraction of sp³-hybridized carbons (Fsp3) is 0.143. The summed E-state index contributed by atoms with van der Waals surface area (Å²) in [6, 6.07) is 5.44. The third-order valence-electron chi connectivity index (χ3n) is 2.31. The van der Waals surface area contributed by atoms with Crippen molar-refractivity contribution in [3.8, 4) is 11.8 Å². The van der Waals surface area contributed by atoms with Gasteiger partial charge in [0.15, 0.2) is 0 Å². The number of anilines is 1. The number of hydrogen-bond donors (Lipinski definition) is 2. The SMILES string of the molecule is NCC#Cc1ccnc(NC(=O)Cc2ccsc2)c1. The number of nitrogens with two attached hydrogens (primary N) is 1. The highest BCUT2D eigenvalue weighted by Crippen LogP contribution is 2.09. The molecular weight excluding hydrogens is 258 g/mol. The minimum absolute atomic E-state index is 0.0881. The molecule has 2 aromatic heterocycles. The van der Waals surface area contributed by atoms with Crippen LogP contribution in [0.2, 0.25) is 0 Å². The third-order valence-corrected chi connectivity index (χ3v) is 3.04. The van der Waals surface area contributed by atoms with Crippen molar-refractivity contribution >= 4 is 23.1 Å². The van der Waals surface area contributed by atoms with E-state index < -0.39 is 0 Å². The van der Waals surface area contributed by atoms with Crippen molar-refractivity contribution in [3.63, 3.8) is 0 Å². The van der Waals surface area contributed by atoms with Crippen LogP contribution in [0, 0.1) is 11.8 Å². The van der Waals surface area contributed by atoms with E-state index in [0.717, 1.165) is 11.1 Å². The molecule has 0 spiro atoms. The first-order valence-electron chi connectivity index (χ1n) is 5.74. The molecule has 0 fully saturated rings. The minimum atomic E-state index is -0.0881. The van der Waals surface area contributed by atoms with Gasteiger partial charge in [0.25, 0.3) is 0 Å². The van der Waals surface area contributed by atoms with Gasteiger partial charge in [-0.2, -0.15) is 11.3 Å². The Morgan fingerprint density at radius 3 is 3.11 bits per heavy atom. The Morgan fingerprint density at radius 2 is 2.37 bits per heavy atom. The second kappa shape index (κ2) is 6.69. The molecule has 0 aliphatic carbocycles.